The highest BCUT2D eigenvalue weighted by molar-refractivity contribution is 6.29. The van der Waals surface area contributed by atoms with E-state index in [-0.39, 0.29) is 0 Å². The number of nitrogens with one attached hydrogen (secondary N) is 1. The fourth-order valence-corrected chi connectivity index (χ4v) is 2.07. The van der Waals surface area contributed by atoms with Crippen molar-refractivity contribution in [2.24, 2.45) is 0 Å². The number of para-hydroxylation sites is 1. The predicted octanol–water partition coefficient (Wildman–Crippen LogP) is 3.76. The van der Waals surface area contributed by atoms with E-state index in [2.05, 4.69) is 5.32 Å². The molecule has 98 valence electrons. The van der Waals surface area contributed by atoms with Crippen LogP contribution >= 0.6 is 11.6 Å². The van der Waals surface area contributed by atoms with Gasteiger partial charge in [0.1, 0.15) is 0 Å². The molecule has 0 spiro atoms. The van der Waals surface area contributed by atoms with E-state index >= 15 is 0 Å². The maximum atomic E-state index is 10.8. The van der Waals surface area contributed by atoms with Gasteiger partial charge in [0, 0.05) is 18.3 Å². The molecule has 3 nitrogen and oxygen atoms in total. The largest absolute Gasteiger partial charge is 0.480 e. The molecule has 1 unspecified atom stereocenters. The van der Waals surface area contributed by atoms with Gasteiger partial charge in [-0.3, -0.25) is 4.79 Å². The van der Waals surface area contributed by atoms with Gasteiger partial charge in [0.2, 0.25) is 0 Å². The average molecular weight is 276 g/mol. The lowest BCUT2D eigenvalue weighted by molar-refractivity contribution is -0.136. The highest BCUT2D eigenvalue weighted by Gasteiger charge is 2.16. The molecule has 0 heterocycles. The van der Waals surface area contributed by atoms with Gasteiger partial charge < -0.3 is 10.4 Å². The third-order valence-electron chi connectivity index (χ3n) is 2.93. The fraction of sp³-hybridized carbons (Fsp3) is 0.133. The Morgan fingerprint density at radius 2 is 1.79 bits per heavy atom. The molecule has 1 atom stereocenters. The number of aliphatic carboxylic acids is 1. The average Bonchev–Trinajstić information content (AvgIpc) is 2.46. The Morgan fingerprint density at radius 3 is 2.37 bits per heavy atom. The minimum Gasteiger partial charge on any atom is -0.480 e. The number of carboxylic acids is 1. The highest BCUT2D eigenvalue weighted by Crippen LogP contribution is 2.29. The Labute approximate surface area is 116 Å². The molecule has 0 aromatic heterocycles. The first-order chi connectivity index (χ1) is 9.13. The molecule has 0 fully saturated rings. The van der Waals surface area contributed by atoms with Crippen LogP contribution in [0.3, 0.4) is 0 Å². The molecule has 2 N–H and O–H groups in total. The van der Waals surface area contributed by atoms with Gasteiger partial charge in [-0.1, -0.05) is 42.5 Å². The van der Waals surface area contributed by atoms with Gasteiger partial charge in [0.25, 0.3) is 0 Å². The Bertz CT molecular complexity index is 581. The van der Waals surface area contributed by atoms with Crippen molar-refractivity contribution in [3.05, 3.63) is 54.1 Å². The van der Waals surface area contributed by atoms with Crippen molar-refractivity contribution in [1.82, 2.24) is 0 Å². The second-order valence-corrected chi connectivity index (χ2v) is 4.55. The number of hydrogen-bond acceptors (Lipinski definition) is 2. The van der Waals surface area contributed by atoms with Crippen LogP contribution in [0.5, 0.6) is 0 Å². The Morgan fingerprint density at radius 1 is 1.16 bits per heavy atom. The zero-order chi connectivity index (χ0) is 13.8. The minimum absolute atomic E-state index is 0.583. The number of carbonyl (C=O) groups is 1. The lowest BCUT2D eigenvalue weighted by atomic mass is 10.0. The van der Waals surface area contributed by atoms with Gasteiger partial charge in [0.15, 0.2) is 5.38 Å². The van der Waals surface area contributed by atoms with E-state index in [9.17, 15) is 4.79 Å². The van der Waals surface area contributed by atoms with Crippen LogP contribution in [0.15, 0.2) is 48.5 Å². The summed E-state index contributed by atoms with van der Waals surface area (Å²) in [5.74, 6) is -1.04. The molecule has 0 radical (unpaired) electrons. The topological polar surface area (TPSA) is 49.3 Å². The van der Waals surface area contributed by atoms with Gasteiger partial charge in [-0.25, -0.2) is 0 Å². The number of alkyl halides is 1. The smallest absolute Gasteiger partial charge is 0.326 e. The van der Waals surface area contributed by atoms with E-state index in [1.54, 1.807) is 12.1 Å². The first-order valence-corrected chi connectivity index (χ1v) is 6.31. The van der Waals surface area contributed by atoms with Gasteiger partial charge in [-0.2, -0.15) is 0 Å². The van der Waals surface area contributed by atoms with Crippen LogP contribution in [0.4, 0.5) is 5.69 Å². The van der Waals surface area contributed by atoms with Gasteiger partial charge in [0.05, 0.1) is 0 Å². The number of benzene rings is 2. The van der Waals surface area contributed by atoms with Crippen LogP contribution in [0, 0.1) is 0 Å². The second-order valence-electron chi connectivity index (χ2n) is 4.12. The molecule has 0 amide bonds. The Balaban J connectivity index is 2.35. The predicted molar refractivity (Wildman–Crippen MR) is 77.7 cm³/mol. The molecule has 0 aliphatic carbocycles. The molecule has 19 heavy (non-hydrogen) atoms. The summed E-state index contributed by atoms with van der Waals surface area (Å²) in [4.78, 5) is 10.8. The molecule has 2 aromatic rings. The van der Waals surface area contributed by atoms with Gasteiger partial charge in [-0.15, -0.1) is 11.6 Å². The summed E-state index contributed by atoms with van der Waals surface area (Å²) < 4.78 is 0. The van der Waals surface area contributed by atoms with Gasteiger partial charge in [-0.05, 0) is 17.2 Å². The summed E-state index contributed by atoms with van der Waals surface area (Å²) in [6.45, 7) is 0. The Kier molecular flexibility index (Phi) is 4.07. The second kappa shape index (κ2) is 5.76. The van der Waals surface area contributed by atoms with E-state index in [0.717, 1.165) is 16.8 Å². The van der Waals surface area contributed by atoms with Crippen molar-refractivity contribution < 1.29 is 9.90 Å². The summed E-state index contributed by atoms with van der Waals surface area (Å²) in [7, 11) is 1.87. The fourth-order valence-electron chi connectivity index (χ4n) is 1.93. The maximum Gasteiger partial charge on any atom is 0.326 e. The van der Waals surface area contributed by atoms with Crippen molar-refractivity contribution in [3.8, 4) is 11.1 Å². The minimum atomic E-state index is -1.04. The lowest BCUT2D eigenvalue weighted by Gasteiger charge is -2.10. The van der Waals surface area contributed by atoms with Crippen molar-refractivity contribution in [1.29, 1.82) is 0 Å². The monoisotopic (exact) mass is 275 g/mol. The van der Waals surface area contributed by atoms with Crippen LogP contribution in [-0.2, 0) is 4.79 Å². The molecule has 2 aromatic carbocycles. The molecule has 4 heteroatoms. The molecule has 0 aliphatic heterocycles. The standard InChI is InChI=1S/C15H14ClNO2/c1-17-13-5-3-2-4-12(13)10-6-8-11(9-7-10)14(16)15(18)19/h2-9,14,17H,1H3,(H,18,19). The zero-order valence-electron chi connectivity index (χ0n) is 10.4. The number of carboxylic acid groups (broad SMARTS) is 1. The van der Waals surface area contributed by atoms with Crippen molar-refractivity contribution >= 4 is 23.3 Å². The summed E-state index contributed by atoms with van der Waals surface area (Å²) >= 11 is 5.79. The molecule has 2 rings (SSSR count). The van der Waals surface area contributed by atoms with Crippen LogP contribution in [0.1, 0.15) is 10.9 Å². The van der Waals surface area contributed by atoms with Gasteiger partial charge >= 0.3 is 5.97 Å². The van der Waals surface area contributed by atoms with Crippen LogP contribution in [-0.4, -0.2) is 18.1 Å². The van der Waals surface area contributed by atoms with E-state index in [1.165, 1.54) is 0 Å². The normalized spacial score (nSPS) is 11.9. The van der Waals surface area contributed by atoms with Crippen molar-refractivity contribution in [3.63, 3.8) is 0 Å². The molecule has 0 saturated heterocycles. The molecular formula is C15H14ClNO2. The van der Waals surface area contributed by atoms with E-state index in [0.29, 0.717) is 5.56 Å². The quantitative estimate of drug-likeness (QED) is 0.835. The summed E-state index contributed by atoms with van der Waals surface area (Å²) in [6, 6.07) is 15.2. The summed E-state index contributed by atoms with van der Waals surface area (Å²) in [6.07, 6.45) is 0. The number of halogens is 1. The van der Waals surface area contributed by atoms with E-state index in [4.69, 9.17) is 16.7 Å². The maximum absolute atomic E-state index is 10.8. The molecule has 0 aliphatic rings. The Hall–Kier alpha value is -2.00. The SMILES string of the molecule is CNc1ccccc1-c1ccc(C(Cl)C(=O)O)cc1. The zero-order valence-corrected chi connectivity index (χ0v) is 11.2. The van der Waals surface area contributed by atoms with Crippen LogP contribution in [0.2, 0.25) is 0 Å². The van der Waals surface area contributed by atoms with Crippen LogP contribution < -0.4 is 5.32 Å². The van der Waals surface area contributed by atoms with Crippen molar-refractivity contribution in [2.45, 2.75) is 5.38 Å². The number of rotatable bonds is 4. The lowest BCUT2D eigenvalue weighted by Crippen LogP contribution is -2.04. The third kappa shape index (κ3) is 2.88. The molecule has 0 saturated carbocycles. The first kappa shape index (κ1) is 13.4. The van der Waals surface area contributed by atoms with E-state index in [1.807, 2.05) is 43.4 Å². The van der Waals surface area contributed by atoms with Crippen LogP contribution in [0.25, 0.3) is 11.1 Å². The number of anilines is 1. The van der Waals surface area contributed by atoms with Crippen molar-refractivity contribution in [2.75, 3.05) is 12.4 Å². The first-order valence-electron chi connectivity index (χ1n) is 5.87. The number of hydrogen-bond donors (Lipinski definition) is 2. The van der Waals surface area contributed by atoms with E-state index < -0.39 is 11.3 Å². The molecule has 0 bridgehead atoms. The third-order valence-corrected chi connectivity index (χ3v) is 3.37. The summed E-state index contributed by atoms with van der Waals surface area (Å²) in [5, 5.41) is 11.0. The summed E-state index contributed by atoms with van der Waals surface area (Å²) in [5.41, 5.74) is 3.69. The highest BCUT2D eigenvalue weighted by atomic mass is 35.5. The molecular weight excluding hydrogens is 262 g/mol.